The lowest BCUT2D eigenvalue weighted by atomic mass is 9.86. The molecule has 21 heavy (non-hydrogen) atoms. The van der Waals surface area contributed by atoms with Crippen molar-refractivity contribution in [3.05, 3.63) is 64.7 Å². The molecule has 0 bridgehead atoms. The SMILES string of the molecule is Cc1cc(C(C)(C)C)ccc1OCc1cccc(CN)c1. The Morgan fingerprint density at radius 3 is 2.33 bits per heavy atom. The van der Waals surface area contributed by atoms with Crippen LogP contribution < -0.4 is 10.5 Å². The lowest BCUT2D eigenvalue weighted by molar-refractivity contribution is 0.303. The molecule has 2 nitrogen and oxygen atoms in total. The third-order valence-corrected chi connectivity index (χ3v) is 3.66. The Hall–Kier alpha value is -1.80. The van der Waals surface area contributed by atoms with Crippen LogP contribution in [0.25, 0.3) is 0 Å². The first-order chi connectivity index (χ1) is 9.90. The zero-order chi connectivity index (χ0) is 15.5. The Bertz CT molecular complexity index is 611. The van der Waals surface area contributed by atoms with Crippen molar-refractivity contribution >= 4 is 0 Å². The van der Waals surface area contributed by atoms with Gasteiger partial charge >= 0.3 is 0 Å². The fraction of sp³-hybridized carbons (Fsp3) is 0.368. The van der Waals surface area contributed by atoms with E-state index in [9.17, 15) is 0 Å². The number of benzene rings is 2. The summed E-state index contributed by atoms with van der Waals surface area (Å²) in [5, 5.41) is 0. The summed E-state index contributed by atoms with van der Waals surface area (Å²) in [6.07, 6.45) is 0. The summed E-state index contributed by atoms with van der Waals surface area (Å²) in [5.74, 6) is 0.946. The van der Waals surface area contributed by atoms with Gasteiger partial charge in [-0.25, -0.2) is 0 Å². The smallest absolute Gasteiger partial charge is 0.122 e. The summed E-state index contributed by atoms with van der Waals surface area (Å²) in [5.41, 5.74) is 10.6. The molecule has 0 aromatic heterocycles. The van der Waals surface area contributed by atoms with Gasteiger partial charge in [0, 0.05) is 6.54 Å². The summed E-state index contributed by atoms with van der Waals surface area (Å²) in [6, 6.07) is 14.7. The van der Waals surface area contributed by atoms with Crippen LogP contribution in [0.4, 0.5) is 0 Å². The summed E-state index contributed by atoms with van der Waals surface area (Å²) < 4.78 is 5.95. The first kappa shape index (κ1) is 15.6. The third kappa shape index (κ3) is 4.08. The third-order valence-electron chi connectivity index (χ3n) is 3.66. The molecule has 0 atom stereocenters. The highest BCUT2D eigenvalue weighted by Crippen LogP contribution is 2.28. The highest BCUT2D eigenvalue weighted by Gasteiger charge is 2.14. The number of hydrogen-bond donors (Lipinski definition) is 1. The van der Waals surface area contributed by atoms with Crippen molar-refractivity contribution in [2.45, 2.75) is 46.3 Å². The lowest BCUT2D eigenvalue weighted by Crippen LogP contribution is -2.11. The second kappa shape index (κ2) is 6.31. The van der Waals surface area contributed by atoms with E-state index >= 15 is 0 Å². The van der Waals surface area contributed by atoms with Crippen LogP contribution in [0, 0.1) is 6.92 Å². The number of nitrogens with two attached hydrogens (primary N) is 1. The van der Waals surface area contributed by atoms with Gasteiger partial charge < -0.3 is 10.5 Å². The van der Waals surface area contributed by atoms with E-state index in [-0.39, 0.29) is 5.41 Å². The molecule has 0 spiro atoms. The van der Waals surface area contributed by atoms with Gasteiger partial charge in [0.1, 0.15) is 12.4 Å². The molecule has 0 saturated carbocycles. The molecule has 0 saturated heterocycles. The quantitative estimate of drug-likeness (QED) is 0.906. The van der Waals surface area contributed by atoms with E-state index < -0.39 is 0 Å². The van der Waals surface area contributed by atoms with Gasteiger partial charge in [0.05, 0.1) is 0 Å². The van der Waals surface area contributed by atoms with E-state index in [1.807, 2.05) is 12.1 Å². The van der Waals surface area contributed by atoms with Gasteiger partial charge in [0.25, 0.3) is 0 Å². The molecule has 0 fully saturated rings. The van der Waals surface area contributed by atoms with Crippen molar-refractivity contribution in [1.82, 2.24) is 0 Å². The highest BCUT2D eigenvalue weighted by atomic mass is 16.5. The molecular formula is C19H25NO. The van der Waals surface area contributed by atoms with E-state index in [0.29, 0.717) is 13.2 Å². The van der Waals surface area contributed by atoms with E-state index in [1.165, 1.54) is 11.1 Å². The van der Waals surface area contributed by atoms with Crippen LogP contribution in [0.1, 0.15) is 43.0 Å². The largest absolute Gasteiger partial charge is 0.489 e. The fourth-order valence-corrected chi connectivity index (χ4v) is 2.29. The molecule has 0 unspecified atom stereocenters. The molecule has 2 heteroatoms. The average molecular weight is 283 g/mol. The molecule has 2 N–H and O–H groups in total. The molecule has 0 aliphatic carbocycles. The molecule has 0 heterocycles. The first-order valence-corrected chi connectivity index (χ1v) is 7.42. The van der Waals surface area contributed by atoms with Crippen LogP contribution >= 0.6 is 0 Å². The van der Waals surface area contributed by atoms with Gasteiger partial charge in [-0.15, -0.1) is 0 Å². The molecule has 0 amide bonds. The maximum atomic E-state index is 5.95. The van der Waals surface area contributed by atoms with Crippen molar-refractivity contribution in [1.29, 1.82) is 0 Å². The predicted octanol–water partition coefficient (Wildman–Crippen LogP) is 4.33. The molecule has 0 radical (unpaired) electrons. The minimum Gasteiger partial charge on any atom is -0.489 e. The molecule has 112 valence electrons. The Morgan fingerprint density at radius 1 is 1.00 bits per heavy atom. The molecular weight excluding hydrogens is 258 g/mol. The first-order valence-electron chi connectivity index (χ1n) is 7.42. The number of aryl methyl sites for hydroxylation is 1. The fourth-order valence-electron chi connectivity index (χ4n) is 2.29. The number of rotatable bonds is 4. The second-order valence-electron chi connectivity index (χ2n) is 6.54. The Kier molecular flexibility index (Phi) is 4.69. The van der Waals surface area contributed by atoms with Crippen LogP contribution in [0.5, 0.6) is 5.75 Å². The van der Waals surface area contributed by atoms with Crippen LogP contribution in [-0.2, 0) is 18.6 Å². The van der Waals surface area contributed by atoms with Gasteiger partial charge in [-0.3, -0.25) is 0 Å². The summed E-state index contributed by atoms with van der Waals surface area (Å²) >= 11 is 0. The van der Waals surface area contributed by atoms with Crippen molar-refractivity contribution in [3.63, 3.8) is 0 Å². The van der Waals surface area contributed by atoms with Gasteiger partial charge in [-0.05, 0) is 40.7 Å². The lowest BCUT2D eigenvalue weighted by Gasteiger charge is -2.20. The zero-order valence-corrected chi connectivity index (χ0v) is 13.4. The summed E-state index contributed by atoms with van der Waals surface area (Å²) in [7, 11) is 0. The molecule has 2 aromatic carbocycles. The summed E-state index contributed by atoms with van der Waals surface area (Å²) in [6.45, 7) is 9.90. The van der Waals surface area contributed by atoms with Gasteiger partial charge in [-0.2, -0.15) is 0 Å². The van der Waals surface area contributed by atoms with E-state index in [4.69, 9.17) is 10.5 Å². The standard InChI is InChI=1S/C19H25NO/c1-14-10-17(19(2,3)4)8-9-18(14)21-13-16-7-5-6-15(11-16)12-20/h5-11H,12-13,20H2,1-4H3. The van der Waals surface area contributed by atoms with E-state index in [2.05, 4.69) is 58.0 Å². The zero-order valence-electron chi connectivity index (χ0n) is 13.4. The average Bonchev–Trinajstić information content (AvgIpc) is 2.45. The summed E-state index contributed by atoms with van der Waals surface area (Å²) in [4.78, 5) is 0. The number of hydrogen-bond acceptors (Lipinski definition) is 2. The van der Waals surface area contributed by atoms with Crippen molar-refractivity contribution in [3.8, 4) is 5.75 Å². The monoisotopic (exact) mass is 283 g/mol. The highest BCUT2D eigenvalue weighted by molar-refractivity contribution is 5.39. The Labute approximate surface area is 127 Å². The van der Waals surface area contributed by atoms with Gasteiger partial charge in [-0.1, -0.05) is 57.2 Å². The minimum absolute atomic E-state index is 0.165. The van der Waals surface area contributed by atoms with Crippen molar-refractivity contribution in [2.24, 2.45) is 5.73 Å². The van der Waals surface area contributed by atoms with Gasteiger partial charge in [0.15, 0.2) is 0 Å². The second-order valence-corrected chi connectivity index (χ2v) is 6.54. The van der Waals surface area contributed by atoms with Crippen LogP contribution in [0.15, 0.2) is 42.5 Å². The number of ether oxygens (including phenoxy) is 1. The van der Waals surface area contributed by atoms with Crippen LogP contribution in [-0.4, -0.2) is 0 Å². The maximum Gasteiger partial charge on any atom is 0.122 e. The molecule has 2 aromatic rings. The van der Waals surface area contributed by atoms with Crippen LogP contribution in [0.3, 0.4) is 0 Å². The minimum atomic E-state index is 0.165. The molecule has 0 aliphatic heterocycles. The molecule has 0 aliphatic rings. The van der Waals surface area contributed by atoms with Crippen molar-refractivity contribution in [2.75, 3.05) is 0 Å². The van der Waals surface area contributed by atoms with E-state index in [0.717, 1.165) is 16.9 Å². The maximum absolute atomic E-state index is 5.95. The van der Waals surface area contributed by atoms with Gasteiger partial charge in [0.2, 0.25) is 0 Å². The Balaban J connectivity index is 2.10. The normalized spacial score (nSPS) is 11.5. The Morgan fingerprint density at radius 2 is 1.71 bits per heavy atom. The van der Waals surface area contributed by atoms with E-state index in [1.54, 1.807) is 0 Å². The molecule has 2 rings (SSSR count). The predicted molar refractivity (Wildman–Crippen MR) is 88.5 cm³/mol. The van der Waals surface area contributed by atoms with Crippen molar-refractivity contribution < 1.29 is 4.74 Å². The van der Waals surface area contributed by atoms with Crippen LogP contribution in [0.2, 0.25) is 0 Å². The topological polar surface area (TPSA) is 35.2 Å².